The van der Waals surface area contributed by atoms with Crippen molar-refractivity contribution in [3.05, 3.63) is 22.4 Å². The Labute approximate surface area is 113 Å². The lowest BCUT2D eigenvalue weighted by atomic mass is 9.97. The average molecular weight is 266 g/mol. The molecule has 1 amide bonds. The lowest BCUT2D eigenvalue weighted by Gasteiger charge is -2.42. The highest BCUT2D eigenvalue weighted by atomic mass is 32.1. The van der Waals surface area contributed by atoms with Crippen LogP contribution in [0.2, 0.25) is 0 Å². The van der Waals surface area contributed by atoms with E-state index in [4.69, 9.17) is 5.73 Å². The standard InChI is InChI=1S/C14H22N2OS/c1-14(2,3)16-12(17)8-4-6-10(15)13(16)11-7-5-9-18-11/h5,7,9-10,13H,4,6,8,15H2,1-3H3. The van der Waals surface area contributed by atoms with Crippen LogP contribution in [0.1, 0.15) is 51.0 Å². The van der Waals surface area contributed by atoms with Crippen molar-refractivity contribution in [3.8, 4) is 0 Å². The molecule has 2 rings (SSSR count). The number of nitrogens with two attached hydrogens (primary N) is 1. The van der Waals surface area contributed by atoms with Crippen LogP contribution in [0, 0.1) is 0 Å². The molecule has 2 unspecified atom stereocenters. The number of rotatable bonds is 1. The third-order valence-corrected chi connectivity index (χ3v) is 4.38. The zero-order chi connectivity index (χ0) is 13.3. The maximum Gasteiger partial charge on any atom is 0.223 e. The summed E-state index contributed by atoms with van der Waals surface area (Å²) in [6.07, 6.45) is 2.43. The number of carbonyl (C=O) groups excluding carboxylic acids is 1. The van der Waals surface area contributed by atoms with Crippen LogP contribution in [0.5, 0.6) is 0 Å². The SMILES string of the molecule is CC(C)(C)N1C(=O)CCCC(N)C1c1cccs1. The predicted molar refractivity (Wildman–Crippen MR) is 75.5 cm³/mol. The monoisotopic (exact) mass is 266 g/mol. The molecule has 1 saturated heterocycles. The Bertz CT molecular complexity index is 408. The number of nitrogens with zero attached hydrogens (tertiary/aromatic N) is 1. The van der Waals surface area contributed by atoms with Crippen LogP contribution < -0.4 is 5.73 Å². The summed E-state index contributed by atoms with van der Waals surface area (Å²) in [5, 5.41) is 2.05. The Balaban J connectivity index is 2.43. The third kappa shape index (κ3) is 2.59. The molecule has 2 atom stereocenters. The summed E-state index contributed by atoms with van der Waals surface area (Å²) in [4.78, 5) is 15.6. The van der Waals surface area contributed by atoms with Crippen LogP contribution >= 0.6 is 11.3 Å². The molecule has 0 spiro atoms. The van der Waals surface area contributed by atoms with Crippen molar-refractivity contribution in [2.75, 3.05) is 0 Å². The Morgan fingerprint density at radius 3 is 2.72 bits per heavy atom. The fraction of sp³-hybridized carbons (Fsp3) is 0.643. The molecule has 1 aromatic rings. The highest BCUT2D eigenvalue weighted by Crippen LogP contribution is 2.37. The van der Waals surface area contributed by atoms with Crippen LogP contribution in [-0.2, 0) is 4.79 Å². The summed E-state index contributed by atoms with van der Waals surface area (Å²) in [5.41, 5.74) is 6.15. The molecule has 1 aliphatic rings. The maximum atomic E-state index is 12.4. The first kappa shape index (κ1) is 13.6. The molecule has 2 heterocycles. The first-order valence-corrected chi connectivity index (χ1v) is 7.40. The molecule has 0 saturated carbocycles. The molecular formula is C14H22N2OS. The molecule has 1 aliphatic heterocycles. The zero-order valence-corrected chi connectivity index (χ0v) is 12.2. The van der Waals surface area contributed by atoms with Gasteiger partial charge in [-0.15, -0.1) is 11.3 Å². The van der Waals surface area contributed by atoms with Gasteiger partial charge in [0.2, 0.25) is 5.91 Å². The number of likely N-dealkylation sites (tertiary alicyclic amines) is 1. The summed E-state index contributed by atoms with van der Waals surface area (Å²) in [6.45, 7) is 6.26. The van der Waals surface area contributed by atoms with Gasteiger partial charge in [-0.2, -0.15) is 0 Å². The molecule has 100 valence electrons. The number of thiophene rings is 1. The summed E-state index contributed by atoms with van der Waals surface area (Å²) < 4.78 is 0. The number of carbonyl (C=O) groups is 1. The summed E-state index contributed by atoms with van der Waals surface area (Å²) in [6, 6.07) is 4.18. The van der Waals surface area contributed by atoms with Crippen molar-refractivity contribution in [2.45, 2.75) is 57.7 Å². The summed E-state index contributed by atoms with van der Waals surface area (Å²) >= 11 is 1.69. The van der Waals surface area contributed by atoms with Crippen molar-refractivity contribution in [2.24, 2.45) is 5.73 Å². The van der Waals surface area contributed by atoms with Gasteiger partial charge < -0.3 is 10.6 Å². The summed E-state index contributed by atoms with van der Waals surface area (Å²) in [7, 11) is 0. The molecule has 18 heavy (non-hydrogen) atoms. The van der Waals surface area contributed by atoms with E-state index in [2.05, 4.69) is 32.2 Å². The highest BCUT2D eigenvalue weighted by Gasteiger charge is 2.39. The molecule has 4 heteroatoms. The minimum Gasteiger partial charge on any atom is -0.328 e. The van der Waals surface area contributed by atoms with Crippen molar-refractivity contribution in [1.29, 1.82) is 0 Å². The van der Waals surface area contributed by atoms with Crippen molar-refractivity contribution in [3.63, 3.8) is 0 Å². The Morgan fingerprint density at radius 1 is 1.44 bits per heavy atom. The van der Waals surface area contributed by atoms with Gasteiger partial charge >= 0.3 is 0 Å². The van der Waals surface area contributed by atoms with E-state index in [1.165, 1.54) is 4.88 Å². The molecule has 1 fully saturated rings. The molecule has 0 radical (unpaired) electrons. The first-order chi connectivity index (χ1) is 8.41. The topological polar surface area (TPSA) is 46.3 Å². The van der Waals surface area contributed by atoms with Gasteiger partial charge in [0.05, 0.1) is 6.04 Å². The van der Waals surface area contributed by atoms with Crippen molar-refractivity contribution >= 4 is 17.2 Å². The Kier molecular flexibility index (Phi) is 3.78. The van der Waals surface area contributed by atoms with Gasteiger partial charge in [-0.05, 0) is 45.1 Å². The van der Waals surface area contributed by atoms with Crippen molar-refractivity contribution in [1.82, 2.24) is 4.90 Å². The van der Waals surface area contributed by atoms with E-state index in [0.29, 0.717) is 6.42 Å². The van der Waals surface area contributed by atoms with E-state index in [0.717, 1.165) is 12.8 Å². The van der Waals surface area contributed by atoms with E-state index in [1.807, 2.05) is 11.0 Å². The molecule has 1 aromatic heterocycles. The minimum atomic E-state index is -0.187. The fourth-order valence-corrected chi connectivity index (χ4v) is 3.59. The number of hydrogen-bond acceptors (Lipinski definition) is 3. The second-order valence-electron chi connectivity index (χ2n) is 5.95. The van der Waals surface area contributed by atoms with Crippen molar-refractivity contribution < 1.29 is 4.79 Å². The van der Waals surface area contributed by atoms with E-state index < -0.39 is 0 Å². The average Bonchev–Trinajstić information content (AvgIpc) is 2.71. The van der Waals surface area contributed by atoms with E-state index in [1.54, 1.807) is 11.3 Å². The van der Waals surface area contributed by atoms with Gasteiger partial charge in [0, 0.05) is 22.9 Å². The highest BCUT2D eigenvalue weighted by molar-refractivity contribution is 7.10. The lowest BCUT2D eigenvalue weighted by molar-refractivity contribution is -0.138. The number of amides is 1. The van der Waals surface area contributed by atoms with Crippen LogP contribution in [0.4, 0.5) is 0 Å². The van der Waals surface area contributed by atoms with Gasteiger partial charge in [0.25, 0.3) is 0 Å². The van der Waals surface area contributed by atoms with Crippen LogP contribution in [0.15, 0.2) is 17.5 Å². The molecular weight excluding hydrogens is 244 g/mol. The van der Waals surface area contributed by atoms with Gasteiger partial charge in [0.15, 0.2) is 0 Å². The van der Waals surface area contributed by atoms with Gasteiger partial charge in [-0.25, -0.2) is 0 Å². The van der Waals surface area contributed by atoms with Crippen LogP contribution in [0.3, 0.4) is 0 Å². The normalized spacial score (nSPS) is 26.2. The molecule has 0 aliphatic carbocycles. The fourth-order valence-electron chi connectivity index (χ4n) is 2.70. The molecule has 0 bridgehead atoms. The van der Waals surface area contributed by atoms with Crippen LogP contribution in [0.25, 0.3) is 0 Å². The van der Waals surface area contributed by atoms with E-state index >= 15 is 0 Å². The Morgan fingerprint density at radius 2 is 2.17 bits per heavy atom. The number of hydrogen-bond donors (Lipinski definition) is 1. The van der Waals surface area contributed by atoms with E-state index in [9.17, 15) is 4.79 Å². The van der Waals surface area contributed by atoms with Gasteiger partial charge in [-0.1, -0.05) is 6.07 Å². The zero-order valence-electron chi connectivity index (χ0n) is 11.3. The maximum absolute atomic E-state index is 12.4. The third-order valence-electron chi connectivity index (χ3n) is 3.44. The smallest absolute Gasteiger partial charge is 0.223 e. The Hall–Kier alpha value is -0.870. The van der Waals surface area contributed by atoms with Crippen LogP contribution in [-0.4, -0.2) is 22.4 Å². The van der Waals surface area contributed by atoms with E-state index in [-0.39, 0.29) is 23.5 Å². The first-order valence-electron chi connectivity index (χ1n) is 6.52. The molecule has 0 aromatic carbocycles. The lowest BCUT2D eigenvalue weighted by Crippen LogP contribution is -2.51. The minimum absolute atomic E-state index is 0.0278. The quantitative estimate of drug-likeness (QED) is 0.849. The second-order valence-corrected chi connectivity index (χ2v) is 6.93. The predicted octanol–water partition coefficient (Wildman–Crippen LogP) is 2.93. The second kappa shape index (κ2) is 5.02. The van der Waals surface area contributed by atoms with Gasteiger partial charge in [0.1, 0.15) is 0 Å². The van der Waals surface area contributed by atoms with Gasteiger partial charge in [-0.3, -0.25) is 4.79 Å². The largest absolute Gasteiger partial charge is 0.328 e. The molecule has 3 nitrogen and oxygen atoms in total. The molecule has 2 N–H and O–H groups in total. The summed E-state index contributed by atoms with van der Waals surface area (Å²) in [5.74, 6) is 0.230.